The molecule has 0 bridgehead atoms. The standard InChI is InChI=1S/C27H38N9O7P/c1-6-7-13-19(37)16(2)33-44(39,43-17(3)18-11-9-8-10-12-18)41-14-20-22(38)27(4,34-35-29)25(42-20)36-15-30-21-23(36)31-26(28)32-24(21)40-5/h8-12,15-17,20,22,25,38H,6-7,13-14H2,1-5H3,(H,33,39)(H2,28,31,32)/t16-,17-,20+,22+,25+,27?,44?/m0/s1. The molecular formula is C27H38N9O7P. The SMILES string of the molecule is CCCCC(=O)[C@H](C)NP(=O)(OC[C@H]1O[C@@H](n2cnc3c(OC)nc(N)nc32)C(C)(N=[N+]=[N-])[C@@H]1O)O[C@@H](C)c1ccccc1. The Labute approximate surface area is 254 Å². The van der Waals surface area contributed by atoms with Crippen LogP contribution in [0.15, 0.2) is 41.8 Å². The summed E-state index contributed by atoms with van der Waals surface area (Å²) in [6, 6.07) is 8.26. The molecule has 4 N–H and O–H groups in total. The van der Waals surface area contributed by atoms with E-state index in [1.165, 1.54) is 24.9 Å². The second kappa shape index (κ2) is 14.0. The van der Waals surface area contributed by atoms with Gasteiger partial charge in [-0.15, -0.1) is 0 Å². The molecule has 2 aromatic heterocycles. The first-order valence-corrected chi connectivity index (χ1v) is 15.7. The Morgan fingerprint density at radius 2 is 2.07 bits per heavy atom. The zero-order valence-corrected chi connectivity index (χ0v) is 26.1. The summed E-state index contributed by atoms with van der Waals surface area (Å²) >= 11 is 0. The van der Waals surface area contributed by atoms with Gasteiger partial charge in [-0.1, -0.05) is 48.8 Å². The highest BCUT2D eigenvalue weighted by molar-refractivity contribution is 7.51. The molecule has 0 amide bonds. The van der Waals surface area contributed by atoms with Gasteiger partial charge >= 0.3 is 7.75 Å². The highest BCUT2D eigenvalue weighted by Gasteiger charge is 2.55. The van der Waals surface area contributed by atoms with Crippen molar-refractivity contribution in [3.63, 3.8) is 0 Å². The number of carbonyl (C=O) groups is 1. The zero-order valence-electron chi connectivity index (χ0n) is 25.2. The van der Waals surface area contributed by atoms with Gasteiger partial charge in [0, 0.05) is 11.3 Å². The van der Waals surface area contributed by atoms with Crippen molar-refractivity contribution < 1.29 is 33.0 Å². The van der Waals surface area contributed by atoms with Gasteiger partial charge in [-0.3, -0.25) is 18.4 Å². The van der Waals surface area contributed by atoms with Gasteiger partial charge in [-0.2, -0.15) is 9.97 Å². The first kappa shape index (κ1) is 33.3. The number of ether oxygens (including phenoxy) is 2. The van der Waals surface area contributed by atoms with Crippen molar-refractivity contribution in [2.24, 2.45) is 5.11 Å². The van der Waals surface area contributed by atoms with Gasteiger partial charge in [0.05, 0.1) is 38.3 Å². The van der Waals surface area contributed by atoms with Crippen molar-refractivity contribution in [3.8, 4) is 5.88 Å². The second-order valence-corrected chi connectivity index (χ2v) is 12.4. The van der Waals surface area contributed by atoms with Crippen LogP contribution < -0.4 is 15.6 Å². The number of benzene rings is 1. The Morgan fingerprint density at radius 3 is 2.73 bits per heavy atom. The molecule has 1 aromatic carbocycles. The highest BCUT2D eigenvalue weighted by Crippen LogP contribution is 2.51. The molecule has 1 aliphatic rings. The van der Waals surface area contributed by atoms with E-state index in [4.69, 9.17) is 24.3 Å². The molecule has 0 saturated carbocycles. The Kier molecular flexibility index (Phi) is 10.6. The van der Waals surface area contributed by atoms with E-state index in [0.717, 1.165) is 12.0 Å². The molecule has 0 aliphatic carbocycles. The molecule has 3 aromatic rings. The van der Waals surface area contributed by atoms with Gasteiger partial charge in [0.25, 0.3) is 0 Å². The molecule has 238 valence electrons. The fraction of sp³-hybridized carbons (Fsp3) is 0.556. The Hall–Kier alpha value is -3.62. The van der Waals surface area contributed by atoms with Crippen molar-refractivity contribution in [1.82, 2.24) is 24.6 Å². The van der Waals surface area contributed by atoms with Gasteiger partial charge in [-0.05, 0) is 38.3 Å². The number of fused-ring (bicyclic) bond motifs is 1. The van der Waals surface area contributed by atoms with Crippen molar-refractivity contribution in [2.45, 2.75) is 83.1 Å². The third kappa shape index (κ3) is 7.02. The summed E-state index contributed by atoms with van der Waals surface area (Å²) in [6.07, 6.45) is -1.24. The van der Waals surface area contributed by atoms with Crippen molar-refractivity contribution >= 4 is 30.6 Å². The number of nitrogens with zero attached hydrogens (tertiary/aromatic N) is 7. The predicted molar refractivity (Wildman–Crippen MR) is 160 cm³/mol. The second-order valence-electron chi connectivity index (χ2n) is 10.7. The quantitative estimate of drug-likeness (QED) is 0.0920. The summed E-state index contributed by atoms with van der Waals surface area (Å²) in [6.45, 7) is 6.31. The average molecular weight is 632 g/mol. The van der Waals surface area contributed by atoms with Crippen LogP contribution in [0.4, 0.5) is 5.95 Å². The summed E-state index contributed by atoms with van der Waals surface area (Å²) in [5, 5.41) is 18.0. The number of nitrogen functional groups attached to an aromatic ring is 1. The molecular weight excluding hydrogens is 593 g/mol. The van der Waals surface area contributed by atoms with Gasteiger partial charge in [-0.25, -0.2) is 14.6 Å². The normalized spacial score (nSPS) is 24.4. The first-order valence-electron chi connectivity index (χ1n) is 14.2. The van der Waals surface area contributed by atoms with E-state index < -0.39 is 50.5 Å². The van der Waals surface area contributed by atoms with Crippen LogP contribution in [0.5, 0.6) is 5.88 Å². The van der Waals surface area contributed by atoms with E-state index >= 15 is 0 Å². The number of ketones is 1. The monoisotopic (exact) mass is 631 g/mol. The van der Waals surface area contributed by atoms with E-state index in [1.807, 2.05) is 37.3 Å². The Balaban J connectivity index is 1.61. The van der Waals surface area contributed by atoms with Crippen LogP contribution in [-0.4, -0.2) is 67.9 Å². The molecule has 2 unspecified atom stereocenters. The van der Waals surface area contributed by atoms with E-state index in [-0.39, 0.29) is 28.8 Å². The van der Waals surface area contributed by atoms with Crippen LogP contribution >= 0.6 is 7.75 Å². The number of Topliss-reactive ketones (excluding diaryl/α,β-unsaturated/α-hetero) is 1. The van der Waals surface area contributed by atoms with Crippen molar-refractivity contribution in [3.05, 3.63) is 52.7 Å². The zero-order chi connectivity index (χ0) is 32.1. The lowest BCUT2D eigenvalue weighted by Gasteiger charge is -2.28. The summed E-state index contributed by atoms with van der Waals surface area (Å²) in [5.74, 6) is -0.128. The number of nitrogens with two attached hydrogens (primary N) is 1. The molecule has 16 nitrogen and oxygen atoms in total. The molecule has 4 rings (SSSR count). The summed E-state index contributed by atoms with van der Waals surface area (Å²) in [4.78, 5) is 28.2. The maximum atomic E-state index is 14.1. The molecule has 17 heteroatoms. The number of carbonyl (C=O) groups excluding carboxylic acids is 1. The number of aliphatic hydroxyl groups excluding tert-OH is 1. The molecule has 1 saturated heterocycles. The third-order valence-electron chi connectivity index (χ3n) is 7.45. The number of hydrogen-bond donors (Lipinski definition) is 3. The molecule has 0 radical (unpaired) electrons. The van der Waals surface area contributed by atoms with Crippen LogP contribution in [-0.2, 0) is 23.1 Å². The minimum absolute atomic E-state index is 0.0979. The minimum Gasteiger partial charge on any atom is -0.479 e. The first-order chi connectivity index (χ1) is 21.0. The lowest BCUT2D eigenvalue weighted by Crippen LogP contribution is -2.43. The minimum atomic E-state index is -4.19. The molecule has 1 fully saturated rings. The number of hydrogen-bond acceptors (Lipinski definition) is 12. The number of unbranched alkanes of at least 4 members (excludes halogenated alkanes) is 1. The van der Waals surface area contributed by atoms with Gasteiger partial charge in [0.2, 0.25) is 11.8 Å². The number of aromatic nitrogens is 4. The summed E-state index contributed by atoms with van der Waals surface area (Å²) in [7, 11) is -2.79. The Bertz CT molecular complexity index is 1550. The number of anilines is 1. The molecule has 0 spiro atoms. The number of nitrogens with one attached hydrogen (secondary N) is 1. The van der Waals surface area contributed by atoms with E-state index in [9.17, 15) is 20.0 Å². The molecule has 3 heterocycles. The fourth-order valence-electron chi connectivity index (χ4n) is 4.94. The van der Waals surface area contributed by atoms with Crippen LogP contribution in [0.3, 0.4) is 0 Å². The largest absolute Gasteiger partial charge is 0.479 e. The molecule has 1 aliphatic heterocycles. The maximum Gasteiger partial charge on any atom is 0.406 e. The number of imidazole rings is 1. The van der Waals surface area contributed by atoms with E-state index in [0.29, 0.717) is 12.8 Å². The van der Waals surface area contributed by atoms with Gasteiger partial charge in [0.15, 0.2) is 17.4 Å². The van der Waals surface area contributed by atoms with Crippen LogP contribution in [0.25, 0.3) is 21.6 Å². The van der Waals surface area contributed by atoms with Gasteiger partial charge < -0.3 is 20.3 Å². The number of methoxy groups -OCH3 is 1. The molecule has 7 atom stereocenters. The van der Waals surface area contributed by atoms with E-state index in [1.54, 1.807) is 13.8 Å². The highest BCUT2D eigenvalue weighted by atomic mass is 31.2. The van der Waals surface area contributed by atoms with Crippen molar-refractivity contribution in [2.75, 3.05) is 19.5 Å². The number of azide groups is 1. The topological polar surface area (TPSA) is 222 Å². The van der Waals surface area contributed by atoms with E-state index in [2.05, 4.69) is 30.1 Å². The lowest BCUT2D eigenvalue weighted by atomic mass is 9.93. The summed E-state index contributed by atoms with van der Waals surface area (Å²) in [5.41, 5.74) is 14.9. The smallest absolute Gasteiger partial charge is 0.406 e. The van der Waals surface area contributed by atoms with Crippen LogP contribution in [0, 0.1) is 0 Å². The van der Waals surface area contributed by atoms with Crippen LogP contribution in [0.2, 0.25) is 0 Å². The van der Waals surface area contributed by atoms with Crippen LogP contribution in [0.1, 0.15) is 64.9 Å². The number of rotatable bonds is 15. The fourth-order valence-corrected chi connectivity index (χ4v) is 6.64. The summed E-state index contributed by atoms with van der Waals surface area (Å²) < 4.78 is 38.8. The Morgan fingerprint density at radius 1 is 1.34 bits per heavy atom. The average Bonchev–Trinajstić information content (AvgIpc) is 3.52. The van der Waals surface area contributed by atoms with Crippen molar-refractivity contribution in [1.29, 1.82) is 0 Å². The van der Waals surface area contributed by atoms with Gasteiger partial charge in [0.1, 0.15) is 17.4 Å². The third-order valence-corrected chi connectivity index (χ3v) is 9.24. The number of aliphatic hydroxyl groups is 1. The lowest BCUT2D eigenvalue weighted by molar-refractivity contribution is -0.120. The molecule has 44 heavy (non-hydrogen) atoms. The maximum absolute atomic E-state index is 14.1. The predicted octanol–water partition coefficient (Wildman–Crippen LogP) is 4.38.